The maximum Gasteiger partial charge on any atom is 0.136 e. The number of nitrogens with zero attached hydrogens (tertiary/aromatic N) is 2. The first-order valence-electron chi connectivity index (χ1n) is 11.0. The molecule has 7 rings (SSSR count). The number of furan rings is 1. The minimum atomic E-state index is 0.881. The lowest BCUT2D eigenvalue weighted by Gasteiger charge is -2.11. The summed E-state index contributed by atoms with van der Waals surface area (Å²) in [6, 6.07) is 37.2. The number of hydrogen-bond acceptors (Lipinski definition) is 3. The molecule has 0 bridgehead atoms. The first-order chi connectivity index (χ1) is 16.3. The van der Waals surface area contributed by atoms with Crippen molar-refractivity contribution in [3.63, 3.8) is 0 Å². The van der Waals surface area contributed by atoms with Crippen LogP contribution in [0.4, 0.5) is 0 Å². The monoisotopic (exact) mass is 422 g/mol. The average molecular weight is 422 g/mol. The van der Waals surface area contributed by atoms with Gasteiger partial charge in [0.2, 0.25) is 0 Å². The van der Waals surface area contributed by atoms with E-state index in [2.05, 4.69) is 54.6 Å². The lowest BCUT2D eigenvalue weighted by Crippen LogP contribution is -1.95. The van der Waals surface area contributed by atoms with Crippen LogP contribution in [-0.4, -0.2) is 9.97 Å². The molecule has 0 radical (unpaired) electrons. The van der Waals surface area contributed by atoms with Gasteiger partial charge in [0.25, 0.3) is 0 Å². The molecular formula is C30H18N2O. The Labute approximate surface area is 190 Å². The van der Waals surface area contributed by atoms with Gasteiger partial charge in [-0.1, -0.05) is 78.9 Å². The highest BCUT2D eigenvalue weighted by Gasteiger charge is 2.15. The lowest BCUT2D eigenvalue weighted by atomic mass is 9.98. The van der Waals surface area contributed by atoms with Crippen LogP contribution in [0.3, 0.4) is 0 Å². The van der Waals surface area contributed by atoms with E-state index in [-0.39, 0.29) is 0 Å². The van der Waals surface area contributed by atoms with Crippen LogP contribution >= 0.6 is 0 Å². The molecule has 33 heavy (non-hydrogen) atoms. The van der Waals surface area contributed by atoms with Gasteiger partial charge in [-0.25, -0.2) is 9.97 Å². The van der Waals surface area contributed by atoms with Gasteiger partial charge in [0.05, 0.1) is 22.4 Å². The molecule has 3 heteroatoms. The van der Waals surface area contributed by atoms with E-state index in [1.165, 1.54) is 5.39 Å². The van der Waals surface area contributed by atoms with Gasteiger partial charge in [0.15, 0.2) is 0 Å². The van der Waals surface area contributed by atoms with E-state index in [4.69, 9.17) is 14.4 Å². The summed E-state index contributed by atoms with van der Waals surface area (Å²) in [5.41, 5.74) is 7.44. The van der Waals surface area contributed by atoms with Gasteiger partial charge in [0, 0.05) is 21.9 Å². The third-order valence-corrected chi connectivity index (χ3v) is 6.25. The number of hydrogen-bond donors (Lipinski definition) is 0. The van der Waals surface area contributed by atoms with E-state index in [1.54, 1.807) is 0 Å². The molecule has 0 unspecified atom stereocenters. The van der Waals surface area contributed by atoms with Crippen molar-refractivity contribution in [2.24, 2.45) is 0 Å². The van der Waals surface area contributed by atoms with Crippen molar-refractivity contribution in [3.05, 3.63) is 109 Å². The number of fused-ring (bicyclic) bond motifs is 6. The van der Waals surface area contributed by atoms with E-state index < -0.39 is 0 Å². The molecule has 3 nitrogen and oxygen atoms in total. The van der Waals surface area contributed by atoms with Crippen LogP contribution in [0.5, 0.6) is 0 Å². The molecule has 0 fully saturated rings. The van der Waals surface area contributed by atoms with E-state index in [9.17, 15) is 0 Å². The van der Waals surface area contributed by atoms with Gasteiger partial charge >= 0.3 is 0 Å². The normalized spacial score (nSPS) is 11.6. The molecule has 0 aliphatic heterocycles. The average Bonchev–Trinajstić information content (AvgIpc) is 3.27. The molecule has 7 aromatic rings. The summed E-state index contributed by atoms with van der Waals surface area (Å²) >= 11 is 0. The highest BCUT2D eigenvalue weighted by Crippen LogP contribution is 2.38. The maximum atomic E-state index is 6.13. The molecule has 2 aromatic heterocycles. The molecule has 0 atom stereocenters. The Balaban J connectivity index is 1.56. The summed E-state index contributed by atoms with van der Waals surface area (Å²) in [5.74, 6) is 0. The standard InChI is InChI=1S/C30H18N2O/c1-2-8-20(9-3-1)29-30(32-25-12-6-5-11-24(25)31-29)21-15-14-19-16-17-27-28(23(19)18-21)22-10-4-7-13-26(22)33-27/h1-18H. The summed E-state index contributed by atoms with van der Waals surface area (Å²) in [7, 11) is 0. The fourth-order valence-corrected chi connectivity index (χ4v) is 4.69. The van der Waals surface area contributed by atoms with Crippen molar-refractivity contribution in [1.82, 2.24) is 9.97 Å². The van der Waals surface area contributed by atoms with Crippen LogP contribution in [0.25, 0.3) is 66.3 Å². The molecule has 154 valence electrons. The minimum Gasteiger partial charge on any atom is -0.456 e. The van der Waals surface area contributed by atoms with Crippen LogP contribution in [0.2, 0.25) is 0 Å². The predicted molar refractivity (Wildman–Crippen MR) is 135 cm³/mol. The van der Waals surface area contributed by atoms with Gasteiger partial charge in [-0.3, -0.25) is 0 Å². The smallest absolute Gasteiger partial charge is 0.136 e. The van der Waals surface area contributed by atoms with Gasteiger partial charge < -0.3 is 4.42 Å². The number of rotatable bonds is 2. The molecule has 0 saturated heterocycles. The van der Waals surface area contributed by atoms with Crippen molar-refractivity contribution in [1.29, 1.82) is 0 Å². The molecule has 0 spiro atoms. The third kappa shape index (κ3) is 2.83. The molecular weight excluding hydrogens is 404 g/mol. The van der Waals surface area contributed by atoms with Crippen LogP contribution in [0, 0.1) is 0 Å². The molecule has 0 aliphatic carbocycles. The fraction of sp³-hybridized carbons (Fsp3) is 0. The highest BCUT2D eigenvalue weighted by atomic mass is 16.3. The Morgan fingerprint density at radius 3 is 1.97 bits per heavy atom. The number of para-hydroxylation sites is 3. The number of aromatic nitrogens is 2. The fourth-order valence-electron chi connectivity index (χ4n) is 4.69. The summed E-state index contributed by atoms with van der Waals surface area (Å²) < 4.78 is 6.13. The molecule has 2 heterocycles. The van der Waals surface area contributed by atoms with Crippen molar-refractivity contribution in [3.8, 4) is 22.5 Å². The largest absolute Gasteiger partial charge is 0.456 e. The Morgan fingerprint density at radius 1 is 0.485 bits per heavy atom. The summed E-state index contributed by atoms with van der Waals surface area (Å²) in [6.45, 7) is 0. The van der Waals surface area contributed by atoms with Crippen molar-refractivity contribution < 1.29 is 4.42 Å². The van der Waals surface area contributed by atoms with Crippen molar-refractivity contribution >= 4 is 43.7 Å². The zero-order valence-electron chi connectivity index (χ0n) is 17.7. The van der Waals surface area contributed by atoms with Gasteiger partial charge in [-0.2, -0.15) is 0 Å². The summed E-state index contributed by atoms with van der Waals surface area (Å²) in [4.78, 5) is 10.1. The first kappa shape index (κ1) is 18.1. The number of benzene rings is 5. The SMILES string of the molecule is c1ccc(-c2nc3ccccc3nc2-c2ccc3ccc4oc5ccccc5c4c3c2)cc1. The topological polar surface area (TPSA) is 38.9 Å². The van der Waals surface area contributed by atoms with E-state index in [0.717, 1.165) is 60.9 Å². The van der Waals surface area contributed by atoms with Crippen LogP contribution in [-0.2, 0) is 0 Å². The highest BCUT2D eigenvalue weighted by molar-refractivity contribution is 6.19. The predicted octanol–water partition coefficient (Wildman–Crippen LogP) is 8.02. The molecule has 0 aliphatic rings. The van der Waals surface area contributed by atoms with Gasteiger partial charge in [-0.05, 0) is 41.1 Å². The summed E-state index contributed by atoms with van der Waals surface area (Å²) in [6.07, 6.45) is 0. The second-order valence-corrected chi connectivity index (χ2v) is 8.25. The Hall–Kier alpha value is -4.50. The lowest BCUT2D eigenvalue weighted by molar-refractivity contribution is 0.669. The van der Waals surface area contributed by atoms with E-state index in [1.807, 2.05) is 54.6 Å². The Morgan fingerprint density at radius 2 is 1.15 bits per heavy atom. The molecule has 5 aromatic carbocycles. The first-order valence-corrected chi connectivity index (χ1v) is 11.0. The Bertz CT molecular complexity index is 1820. The van der Waals surface area contributed by atoms with Crippen molar-refractivity contribution in [2.75, 3.05) is 0 Å². The molecule has 0 N–H and O–H groups in total. The van der Waals surface area contributed by atoms with Gasteiger partial charge in [0.1, 0.15) is 11.2 Å². The molecule has 0 amide bonds. The zero-order chi connectivity index (χ0) is 21.8. The maximum absolute atomic E-state index is 6.13. The second-order valence-electron chi connectivity index (χ2n) is 8.25. The summed E-state index contributed by atoms with van der Waals surface area (Å²) in [5, 5.41) is 4.60. The van der Waals surface area contributed by atoms with Crippen LogP contribution in [0.15, 0.2) is 114 Å². The second kappa shape index (κ2) is 7.01. The van der Waals surface area contributed by atoms with Gasteiger partial charge in [-0.15, -0.1) is 0 Å². The van der Waals surface area contributed by atoms with Crippen LogP contribution in [0.1, 0.15) is 0 Å². The Kier molecular flexibility index (Phi) is 3.84. The molecule has 0 saturated carbocycles. The zero-order valence-corrected chi connectivity index (χ0v) is 17.7. The third-order valence-electron chi connectivity index (χ3n) is 6.25. The minimum absolute atomic E-state index is 0.881. The van der Waals surface area contributed by atoms with E-state index in [0.29, 0.717) is 0 Å². The quantitative estimate of drug-likeness (QED) is 0.283. The van der Waals surface area contributed by atoms with E-state index >= 15 is 0 Å². The van der Waals surface area contributed by atoms with Crippen molar-refractivity contribution in [2.45, 2.75) is 0 Å². The van der Waals surface area contributed by atoms with Crippen LogP contribution < -0.4 is 0 Å².